The van der Waals surface area contributed by atoms with Crippen molar-refractivity contribution in [2.24, 2.45) is 5.92 Å². The van der Waals surface area contributed by atoms with Crippen LogP contribution in [-0.4, -0.2) is 77.1 Å². The number of urea groups is 1. The number of carbonyl (C=O) groups excluding carboxylic acids is 2. The van der Waals surface area contributed by atoms with Crippen LogP contribution >= 0.6 is 0 Å². The number of benzene rings is 1. The number of nitrogens with one attached hydrogen (secondary N) is 1. The average molecular weight is 396 g/mol. The molecule has 0 spiro atoms. The van der Waals surface area contributed by atoms with Crippen LogP contribution in [-0.2, 0) is 17.6 Å². The largest absolute Gasteiger partial charge is 0.342 e. The lowest BCUT2D eigenvalue weighted by Gasteiger charge is -2.35. The van der Waals surface area contributed by atoms with Crippen molar-refractivity contribution >= 4 is 11.9 Å². The van der Waals surface area contributed by atoms with Gasteiger partial charge in [0.1, 0.15) is 0 Å². The summed E-state index contributed by atoms with van der Waals surface area (Å²) in [7, 11) is 3.54. The smallest absolute Gasteiger partial charge is 0.319 e. The molecule has 0 saturated carbocycles. The number of hydrogen-bond acceptors (Lipinski definition) is 3. The molecular formula is C22H29N5O2. The fourth-order valence-corrected chi connectivity index (χ4v) is 4.40. The van der Waals surface area contributed by atoms with Crippen molar-refractivity contribution < 1.29 is 9.59 Å². The number of carbonyl (C=O) groups is 2. The zero-order valence-electron chi connectivity index (χ0n) is 17.2. The zero-order valence-corrected chi connectivity index (χ0v) is 17.2. The van der Waals surface area contributed by atoms with E-state index in [4.69, 9.17) is 0 Å². The Morgan fingerprint density at radius 1 is 1.00 bits per heavy atom. The van der Waals surface area contributed by atoms with Gasteiger partial charge in [0.25, 0.3) is 0 Å². The predicted octanol–water partition coefficient (Wildman–Crippen LogP) is 2.40. The number of aromatic amines is 1. The van der Waals surface area contributed by atoms with Crippen LogP contribution < -0.4 is 0 Å². The molecule has 0 aliphatic carbocycles. The van der Waals surface area contributed by atoms with Gasteiger partial charge in [0.15, 0.2) is 0 Å². The van der Waals surface area contributed by atoms with Gasteiger partial charge < -0.3 is 14.7 Å². The SMILES string of the molecule is CN(C)C(=O)N1CCC(C(=O)N2CCc3[nH]nc(-c4ccccc4)c3CC2)CC1. The first-order chi connectivity index (χ1) is 14.0. The van der Waals surface area contributed by atoms with Crippen molar-refractivity contribution in [3.05, 3.63) is 41.6 Å². The summed E-state index contributed by atoms with van der Waals surface area (Å²) in [5, 5.41) is 7.73. The van der Waals surface area contributed by atoms with Crippen LogP contribution in [0.1, 0.15) is 24.1 Å². The quantitative estimate of drug-likeness (QED) is 0.849. The van der Waals surface area contributed by atoms with E-state index in [-0.39, 0.29) is 17.9 Å². The lowest BCUT2D eigenvalue weighted by atomic mass is 9.95. The summed E-state index contributed by atoms with van der Waals surface area (Å²) in [6.45, 7) is 2.76. The van der Waals surface area contributed by atoms with E-state index >= 15 is 0 Å². The third-order valence-corrected chi connectivity index (χ3v) is 6.07. The number of likely N-dealkylation sites (tertiary alicyclic amines) is 1. The monoisotopic (exact) mass is 395 g/mol. The Bertz CT molecular complexity index is 869. The van der Waals surface area contributed by atoms with Gasteiger partial charge in [-0.25, -0.2) is 4.79 Å². The molecular weight excluding hydrogens is 366 g/mol. The van der Waals surface area contributed by atoms with Gasteiger partial charge in [0.2, 0.25) is 5.91 Å². The molecule has 0 radical (unpaired) electrons. The van der Waals surface area contributed by atoms with Crippen LogP contribution in [0.3, 0.4) is 0 Å². The number of aromatic nitrogens is 2. The van der Waals surface area contributed by atoms with E-state index in [0.29, 0.717) is 13.1 Å². The highest BCUT2D eigenvalue weighted by molar-refractivity contribution is 5.80. The Kier molecular flexibility index (Phi) is 5.56. The average Bonchev–Trinajstić information content (AvgIpc) is 3.04. The van der Waals surface area contributed by atoms with Crippen LogP contribution in [0.2, 0.25) is 0 Å². The highest BCUT2D eigenvalue weighted by Gasteiger charge is 2.32. The Morgan fingerprint density at radius 2 is 1.69 bits per heavy atom. The van der Waals surface area contributed by atoms with Crippen molar-refractivity contribution in [2.75, 3.05) is 40.3 Å². The molecule has 154 valence electrons. The number of fused-ring (bicyclic) bond motifs is 1. The summed E-state index contributed by atoms with van der Waals surface area (Å²) in [6, 6.07) is 10.2. The minimum absolute atomic E-state index is 0.0179. The molecule has 0 atom stereocenters. The maximum atomic E-state index is 13.1. The predicted molar refractivity (Wildman–Crippen MR) is 111 cm³/mol. The minimum Gasteiger partial charge on any atom is -0.342 e. The molecule has 0 unspecified atom stereocenters. The number of nitrogens with zero attached hydrogens (tertiary/aromatic N) is 4. The van der Waals surface area contributed by atoms with Crippen molar-refractivity contribution in [2.45, 2.75) is 25.7 Å². The molecule has 1 fully saturated rings. The summed E-state index contributed by atoms with van der Waals surface area (Å²) in [5.74, 6) is 0.255. The van der Waals surface area contributed by atoms with E-state index < -0.39 is 0 Å². The van der Waals surface area contributed by atoms with Crippen LogP contribution in [0.25, 0.3) is 11.3 Å². The van der Waals surface area contributed by atoms with Crippen molar-refractivity contribution in [3.63, 3.8) is 0 Å². The molecule has 1 aromatic carbocycles. The van der Waals surface area contributed by atoms with Crippen molar-refractivity contribution in [1.82, 2.24) is 24.9 Å². The summed E-state index contributed by atoms with van der Waals surface area (Å²) < 4.78 is 0. The second-order valence-corrected chi connectivity index (χ2v) is 8.16. The number of H-pyrrole nitrogens is 1. The van der Waals surface area contributed by atoms with E-state index in [1.54, 1.807) is 19.0 Å². The van der Waals surface area contributed by atoms with Crippen LogP contribution in [0.5, 0.6) is 0 Å². The fourth-order valence-electron chi connectivity index (χ4n) is 4.40. The Balaban J connectivity index is 1.39. The van der Waals surface area contributed by atoms with Crippen molar-refractivity contribution in [1.29, 1.82) is 0 Å². The number of hydrogen-bond donors (Lipinski definition) is 1. The summed E-state index contributed by atoms with van der Waals surface area (Å²) in [6.07, 6.45) is 3.12. The third-order valence-electron chi connectivity index (χ3n) is 6.07. The molecule has 3 heterocycles. The molecule has 7 nitrogen and oxygen atoms in total. The van der Waals surface area contributed by atoms with Gasteiger partial charge >= 0.3 is 6.03 Å². The fraction of sp³-hybridized carbons (Fsp3) is 0.500. The second-order valence-electron chi connectivity index (χ2n) is 8.16. The molecule has 7 heteroatoms. The lowest BCUT2D eigenvalue weighted by Crippen LogP contribution is -2.47. The Hall–Kier alpha value is -2.83. The first-order valence-corrected chi connectivity index (χ1v) is 10.4. The van der Waals surface area contributed by atoms with Gasteiger partial charge in [-0.15, -0.1) is 0 Å². The summed E-state index contributed by atoms with van der Waals surface area (Å²) in [5.41, 5.74) is 4.50. The normalized spacial score (nSPS) is 17.6. The molecule has 1 aromatic heterocycles. The topological polar surface area (TPSA) is 72.5 Å². The molecule has 3 amide bonds. The first kappa shape index (κ1) is 19.5. The number of amides is 3. The van der Waals surface area contributed by atoms with Gasteiger partial charge in [-0.05, 0) is 19.3 Å². The van der Waals surface area contributed by atoms with Crippen molar-refractivity contribution in [3.8, 4) is 11.3 Å². The molecule has 4 rings (SSSR count). The van der Waals surface area contributed by atoms with E-state index in [1.165, 1.54) is 5.56 Å². The van der Waals surface area contributed by atoms with Gasteiger partial charge in [-0.1, -0.05) is 30.3 Å². The first-order valence-electron chi connectivity index (χ1n) is 10.4. The molecule has 0 bridgehead atoms. The maximum Gasteiger partial charge on any atom is 0.319 e. The van der Waals surface area contributed by atoms with Gasteiger partial charge in [-0.3, -0.25) is 9.89 Å². The lowest BCUT2D eigenvalue weighted by molar-refractivity contribution is -0.136. The van der Waals surface area contributed by atoms with E-state index in [2.05, 4.69) is 22.3 Å². The maximum absolute atomic E-state index is 13.1. The second kappa shape index (κ2) is 8.27. The molecule has 1 N–H and O–H groups in total. The third kappa shape index (κ3) is 3.99. The van der Waals surface area contributed by atoms with Crippen LogP contribution in [0.4, 0.5) is 4.79 Å². The van der Waals surface area contributed by atoms with Gasteiger partial charge in [0, 0.05) is 69.4 Å². The Morgan fingerprint density at radius 3 is 2.38 bits per heavy atom. The van der Waals surface area contributed by atoms with Crippen LogP contribution in [0, 0.1) is 5.92 Å². The Labute approximate surface area is 171 Å². The van der Waals surface area contributed by atoms with E-state index in [9.17, 15) is 9.59 Å². The summed E-state index contributed by atoms with van der Waals surface area (Å²) >= 11 is 0. The zero-order chi connectivity index (χ0) is 20.4. The highest BCUT2D eigenvalue weighted by atomic mass is 16.2. The number of rotatable bonds is 2. The number of piperidine rings is 1. The molecule has 2 aromatic rings. The summed E-state index contributed by atoms with van der Waals surface area (Å²) in [4.78, 5) is 30.7. The van der Waals surface area contributed by atoms with Gasteiger partial charge in [-0.2, -0.15) is 5.10 Å². The van der Waals surface area contributed by atoms with Gasteiger partial charge in [0.05, 0.1) is 5.69 Å². The van der Waals surface area contributed by atoms with E-state index in [0.717, 1.165) is 55.7 Å². The standard InChI is InChI=1S/C22H29N5O2/c1-25(2)22(29)27-12-8-17(9-13-27)21(28)26-14-10-18-19(11-15-26)23-24-20(18)16-6-4-3-5-7-16/h3-7,17H,8-15H2,1-2H3,(H,23,24). The highest BCUT2D eigenvalue weighted by Crippen LogP contribution is 2.28. The molecule has 2 aliphatic heterocycles. The van der Waals surface area contributed by atoms with E-state index in [1.807, 2.05) is 28.0 Å². The molecule has 1 saturated heterocycles. The molecule has 2 aliphatic rings. The minimum atomic E-state index is 0.0179. The molecule has 29 heavy (non-hydrogen) atoms. The van der Waals surface area contributed by atoms with Crippen LogP contribution in [0.15, 0.2) is 30.3 Å².